The summed E-state index contributed by atoms with van der Waals surface area (Å²) in [6, 6.07) is 5.20. The van der Waals surface area contributed by atoms with Crippen LogP contribution >= 0.6 is 24.0 Å². The predicted molar refractivity (Wildman–Crippen MR) is 102 cm³/mol. The fraction of sp³-hybridized carbons (Fsp3) is 0.375. The standard InChI is InChI=1S/C16H22FN5.HI/c1-4-7-20-16(18-3)21-11-13-5-6-15(14(17)10-13)22-9-8-19-12(22)2;/h5-6,8-10H,4,7,11H2,1-3H3,(H2,18,20,21);1H. The van der Waals surface area contributed by atoms with Gasteiger partial charge in [0, 0.05) is 32.5 Å². The van der Waals surface area contributed by atoms with Crippen molar-refractivity contribution in [1.29, 1.82) is 0 Å². The van der Waals surface area contributed by atoms with Crippen LogP contribution in [0.4, 0.5) is 4.39 Å². The van der Waals surface area contributed by atoms with E-state index in [1.54, 1.807) is 30.1 Å². The van der Waals surface area contributed by atoms with Gasteiger partial charge in [0.1, 0.15) is 11.6 Å². The van der Waals surface area contributed by atoms with Crippen LogP contribution in [0.2, 0.25) is 0 Å². The highest BCUT2D eigenvalue weighted by atomic mass is 127. The zero-order chi connectivity index (χ0) is 15.9. The van der Waals surface area contributed by atoms with E-state index in [1.807, 2.05) is 13.0 Å². The lowest BCUT2D eigenvalue weighted by molar-refractivity contribution is 0.613. The lowest BCUT2D eigenvalue weighted by Crippen LogP contribution is -2.37. The molecule has 0 spiro atoms. The van der Waals surface area contributed by atoms with E-state index in [-0.39, 0.29) is 29.8 Å². The van der Waals surface area contributed by atoms with Gasteiger partial charge in [0.25, 0.3) is 0 Å². The first-order valence-electron chi connectivity index (χ1n) is 7.39. The van der Waals surface area contributed by atoms with Gasteiger partial charge in [0.15, 0.2) is 5.96 Å². The van der Waals surface area contributed by atoms with Crippen LogP contribution in [0.5, 0.6) is 0 Å². The van der Waals surface area contributed by atoms with E-state index in [2.05, 4.69) is 27.5 Å². The molecule has 5 nitrogen and oxygen atoms in total. The van der Waals surface area contributed by atoms with E-state index in [0.29, 0.717) is 12.2 Å². The maximum absolute atomic E-state index is 14.3. The summed E-state index contributed by atoms with van der Waals surface area (Å²) in [4.78, 5) is 8.24. The molecule has 2 N–H and O–H groups in total. The first-order chi connectivity index (χ1) is 10.7. The van der Waals surface area contributed by atoms with E-state index in [0.717, 1.165) is 30.3 Å². The Morgan fingerprint density at radius 1 is 1.35 bits per heavy atom. The Morgan fingerprint density at radius 3 is 2.70 bits per heavy atom. The highest BCUT2D eigenvalue weighted by Gasteiger charge is 2.08. The lowest BCUT2D eigenvalue weighted by Gasteiger charge is -2.12. The van der Waals surface area contributed by atoms with Crippen LogP contribution < -0.4 is 10.6 Å². The second kappa shape index (κ2) is 9.49. The topological polar surface area (TPSA) is 54.2 Å². The quantitative estimate of drug-likeness (QED) is 0.435. The van der Waals surface area contributed by atoms with Gasteiger partial charge in [-0.05, 0) is 31.0 Å². The summed E-state index contributed by atoms with van der Waals surface area (Å²) >= 11 is 0. The third-order valence-corrected chi connectivity index (χ3v) is 3.32. The maximum Gasteiger partial charge on any atom is 0.191 e. The van der Waals surface area contributed by atoms with Crippen molar-refractivity contribution < 1.29 is 4.39 Å². The molecule has 0 amide bonds. The predicted octanol–water partition coefficient (Wildman–Crippen LogP) is 3.01. The van der Waals surface area contributed by atoms with E-state index < -0.39 is 0 Å². The van der Waals surface area contributed by atoms with Gasteiger partial charge in [-0.2, -0.15) is 0 Å². The monoisotopic (exact) mass is 431 g/mol. The first kappa shape index (κ1) is 19.4. The number of rotatable bonds is 5. The number of hydrogen-bond donors (Lipinski definition) is 2. The minimum absolute atomic E-state index is 0. The average molecular weight is 431 g/mol. The van der Waals surface area contributed by atoms with Crippen LogP contribution in [0.25, 0.3) is 5.69 Å². The number of guanidine groups is 1. The van der Waals surface area contributed by atoms with Gasteiger partial charge in [-0.3, -0.25) is 4.99 Å². The van der Waals surface area contributed by atoms with E-state index >= 15 is 0 Å². The fourth-order valence-corrected chi connectivity index (χ4v) is 2.14. The van der Waals surface area contributed by atoms with Gasteiger partial charge >= 0.3 is 0 Å². The van der Waals surface area contributed by atoms with Crippen molar-refractivity contribution in [2.45, 2.75) is 26.8 Å². The van der Waals surface area contributed by atoms with Gasteiger partial charge in [-0.1, -0.05) is 13.0 Å². The Hall–Kier alpha value is -1.64. The molecule has 0 fully saturated rings. The van der Waals surface area contributed by atoms with Crippen LogP contribution in [0.3, 0.4) is 0 Å². The molecule has 0 saturated carbocycles. The normalized spacial score (nSPS) is 11.0. The molecule has 1 heterocycles. The number of nitrogens with one attached hydrogen (secondary N) is 2. The molecule has 0 radical (unpaired) electrons. The van der Waals surface area contributed by atoms with Gasteiger partial charge in [-0.15, -0.1) is 24.0 Å². The van der Waals surface area contributed by atoms with Crippen molar-refractivity contribution in [1.82, 2.24) is 20.2 Å². The smallest absolute Gasteiger partial charge is 0.191 e. The molecule has 0 aliphatic rings. The third kappa shape index (κ3) is 5.19. The Bertz CT molecular complexity index is 654. The minimum atomic E-state index is -0.267. The van der Waals surface area contributed by atoms with Gasteiger partial charge in [0.2, 0.25) is 0 Å². The Balaban J connectivity index is 0.00000264. The van der Waals surface area contributed by atoms with Crippen LogP contribution in [-0.4, -0.2) is 29.1 Å². The highest BCUT2D eigenvalue weighted by Crippen LogP contribution is 2.16. The molecule has 0 aliphatic carbocycles. The number of imidazole rings is 1. The van der Waals surface area contributed by atoms with Crippen LogP contribution in [-0.2, 0) is 6.54 Å². The summed E-state index contributed by atoms with van der Waals surface area (Å²) in [6.45, 7) is 5.31. The minimum Gasteiger partial charge on any atom is -0.356 e. The molecule has 0 bridgehead atoms. The number of hydrogen-bond acceptors (Lipinski definition) is 2. The SMILES string of the molecule is CCCNC(=NC)NCc1ccc(-n2ccnc2C)c(F)c1.I. The summed E-state index contributed by atoms with van der Waals surface area (Å²) in [5, 5.41) is 6.34. The molecular weight excluding hydrogens is 408 g/mol. The summed E-state index contributed by atoms with van der Waals surface area (Å²) in [5.74, 6) is 1.21. The average Bonchev–Trinajstić information content (AvgIpc) is 2.93. The summed E-state index contributed by atoms with van der Waals surface area (Å²) < 4.78 is 16.0. The van der Waals surface area contributed by atoms with Crippen molar-refractivity contribution in [3.8, 4) is 5.69 Å². The molecule has 1 aromatic carbocycles. The fourth-order valence-electron chi connectivity index (χ4n) is 2.14. The van der Waals surface area contributed by atoms with Gasteiger partial charge in [0.05, 0.1) is 5.69 Å². The number of nitrogens with zero attached hydrogens (tertiary/aromatic N) is 3. The second-order valence-corrected chi connectivity index (χ2v) is 4.98. The lowest BCUT2D eigenvalue weighted by atomic mass is 10.2. The third-order valence-electron chi connectivity index (χ3n) is 3.32. The molecule has 0 atom stereocenters. The molecule has 2 rings (SSSR count). The van der Waals surface area contributed by atoms with Crippen molar-refractivity contribution >= 4 is 29.9 Å². The zero-order valence-electron chi connectivity index (χ0n) is 13.6. The Morgan fingerprint density at radius 2 is 2.13 bits per heavy atom. The van der Waals surface area contributed by atoms with E-state index in [9.17, 15) is 4.39 Å². The molecule has 0 unspecified atom stereocenters. The maximum atomic E-state index is 14.3. The van der Waals surface area contributed by atoms with Crippen molar-refractivity contribution in [2.75, 3.05) is 13.6 Å². The highest BCUT2D eigenvalue weighted by molar-refractivity contribution is 14.0. The Labute approximate surface area is 153 Å². The second-order valence-electron chi connectivity index (χ2n) is 4.98. The molecule has 126 valence electrons. The molecule has 0 saturated heterocycles. The first-order valence-corrected chi connectivity index (χ1v) is 7.39. The van der Waals surface area contributed by atoms with Crippen molar-refractivity contribution in [3.63, 3.8) is 0 Å². The molecule has 23 heavy (non-hydrogen) atoms. The van der Waals surface area contributed by atoms with Gasteiger partial charge in [-0.25, -0.2) is 9.37 Å². The number of aliphatic imine (C=N–C) groups is 1. The number of benzene rings is 1. The summed E-state index contributed by atoms with van der Waals surface area (Å²) in [5.41, 5.74) is 1.37. The summed E-state index contributed by atoms with van der Waals surface area (Å²) in [7, 11) is 1.72. The molecule has 7 heteroatoms. The molecule has 1 aromatic heterocycles. The largest absolute Gasteiger partial charge is 0.356 e. The van der Waals surface area contributed by atoms with Gasteiger partial charge < -0.3 is 15.2 Å². The summed E-state index contributed by atoms with van der Waals surface area (Å²) in [6.07, 6.45) is 4.43. The van der Waals surface area contributed by atoms with E-state index in [4.69, 9.17) is 0 Å². The number of aromatic nitrogens is 2. The molecular formula is C16H23FIN5. The number of halogens is 2. The van der Waals surface area contributed by atoms with Crippen molar-refractivity contribution in [3.05, 3.63) is 47.8 Å². The zero-order valence-corrected chi connectivity index (χ0v) is 16.0. The number of aryl methyl sites for hydroxylation is 1. The van der Waals surface area contributed by atoms with Crippen LogP contribution in [0.1, 0.15) is 24.7 Å². The molecule has 0 aliphatic heterocycles. The van der Waals surface area contributed by atoms with E-state index in [1.165, 1.54) is 6.07 Å². The Kier molecular flexibility index (Phi) is 8.01. The van der Waals surface area contributed by atoms with Crippen molar-refractivity contribution in [2.24, 2.45) is 4.99 Å². The van der Waals surface area contributed by atoms with Crippen LogP contribution in [0.15, 0.2) is 35.6 Å². The molecule has 2 aromatic rings. The van der Waals surface area contributed by atoms with Crippen LogP contribution in [0, 0.1) is 12.7 Å².